The lowest BCUT2D eigenvalue weighted by Crippen LogP contribution is -2.36. The molecule has 0 radical (unpaired) electrons. The van der Waals surface area contributed by atoms with Gasteiger partial charge >= 0.3 is 12.1 Å². The van der Waals surface area contributed by atoms with Crippen molar-refractivity contribution >= 4 is 5.97 Å². The molecule has 146 valence electrons. The predicted molar refractivity (Wildman–Crippen MR) is 91.7 cm³/mol. The summed E-state index contributed by atoms with van der Waals surface area (Å²) in [4.78, 5) is 18.2. The third-order valence-electron chi connectivity index (χ3n) is 4.85. The Balaban J connectivity index is 1.66. The average Bonchev–Trinajstić information content (AvgIpc) is 3.01. The molecule has 2 aromatic rings. The maximum atomic E-state index is 12.7. The van der Waals surface area contributed by atoms with Gasteiger partial charge in [-0.1, -0.05) is 0 Å². The monoisotopic (exact) mass is 382 g/mol. The quantitative estimate of drug-likeness (QED) is 0.747. The maximum absolute atomic E-state index is 12.7. The molecule has 8 heteroatoms. The zero-order valence-electron chi connectivity index (χ0n) is 15.2. The molecule has 1 saturated heterocycles. The average molecular weight is 382 g/mol. The van der Waals surface area contributed by atoms with Gasteiger partial charge in [0.1, 0.15) is 5.76 Å². The lowest BCUT2D eigenvalue weighted by molar-refractivity contribution is -0.147. The van der Waals surface area contributed by atoms with Crippen molar-refractivity contribution in [1.29, 1.82) is 0 Å². The van der Waals surface area contributed by atoms with Crippen LogP contribution in [0.2, 0.25) is 0 Å². The normalized spacial score (nSPS) is 16.5. The third kappa shape index (κ3) is 4.50. The number of carbonyl (C=O) groups is 1. The van der Waals surface area contributed by atoms with E-state index >= 15 is 0 Å². The number of hydrogen-bond donors (Lipinski definition) is 0. The van der Waals surface area contributed by atoms with Gasteiger partial charge in [0.15, 0.2) is 0 Å². The summed E-state index contributed by atoms with van der Waals surface area (Å²) in [6.07, 6.45) is -2.91. The van der Waals surface area contributed by atoms with Gasteiger partial charge < -0.3 is 9.15 Å². The van der Waals surface area contributed by atoms with Crippen LogP contribution in [-0.4, -0.2) is 36.1 Å². The molecule has 0 N–H and O–H groups in total. The molecule has 0 amide bonds. The summed E-state index contributed by atoms with van der Waals surface area (Å²) in [6.45, 7) is 3.87. The van der Waals surface area contributed by atoms with Gasteiger partial charge in [0, 0.05) is 12.1 Å². The number of oxazole rings is 1. The van der Waals surface area contributed by atoms with Crippen LogP contribution in [0.5, 0.6) is 0 Å². The Morgan fingerprint density at radius 1 is 1.26 bits per heavy atom. The van der Waals surface area contributed by atoms with Crippen molar-refractivity contribution in [2.75, 3.05) is 20.2 Å². The molecule has 1 aromatic carbocycles. The van der Waals surface area contributed by atoms with Gasteiger partial charge in [0.05, 0.1) is 24.3 Å². The molecule has 1 aromatic heterocycles. The van der Waals surface area contributed by atoms with E-state index in [9.17, 15) is 18.0 Å². The molecule has 2 heterocycles. The van der Waals surface area contributed by atoms with E-state index in [1.807, 2.05) is 0 Å². The predicted octanol–water partition coefficient (Wildman–Crippen LogP) is 4.05. The number of piperidine rings is 1. The van der Waals surface area contributed by atoms with Crippen molar-refractivity contribution < 1.29 is 27.1 Å². The number of ether oxygens (including phenoxy) is 1. The number of aryl methyl sites for hydroxylation is 1. The third-order valence-corrected chi connectivity index (χ3v) is 4.85. The molecule has 1 aliphatic rings. The molecule has 1 aliphatic heterocycles. The Morgan fingerprint density at radius 3 is 2.44 bits per heavy atom. The van der Waals surface area contributed by atoms with Crippen molar-refractivity contribution in [1.82, 2.24) is 9.88 Å². The minimum Gasteiger partial charge on any atom is -0.469 e. The van der Waals surface area contributed by atoms with Gasteiger partial charge in [-0.05, 0) is 57.1 Å². The fourth-order valence-electron chi connectivity index (χ4n) is 3.21. The molecule has 3 rings (SSSR count). The summed E-state index contributed by atoms with van der Waals surface area (Å²) in [5.41, 5.74) is 0.548. The van der Waals surface area contributed by atoms with Gasteiger partial charge in [0.25, 0.3) is 0 Å². The summed E-state index contributed by atoms with van der Waals surface area (Å²) < 4.78 is 48.5. The summed E-state index contributed by atoms with van der Waals surface area (Å²) in [5.74, 6) is 0.713. The Morgan fingerprint density at radius 2 is 1.89 bits per heavy atom. The van der Waals surface area contributed by atoms with E-state index in [0.717, 1.165) is 43.8 Å². The second-order valence-corrected chi connectivity index (χ2v) is 6.67. The number of likely N-dealkylation sites (tertiary alicyclic amines) is 1. The van der Waals surface area contributed by atoms with Gasteiger partial charge in [-0.2, -0.15) is 13.2 Å². The number of halogens is 3. The molecule has 5 nitrogen and oxygen atoms in total. The first-order valence-corrected chi connectivity index (χ1v) is 8.72. The van der Waals surface area contributed by atoms with E-state index in [-0.39, 0.29) is 11.9 Å². The van der Waals surface area contributed by atoms with E-state index in [4.69, 9.17) is 9.15 Å². The van der Waals surface area contributed by atoms with Gasteiger partial charge in [-0.3, -0.25) is 9.69 Å². The molecule has 0 bridgehead atoms. The van der Waals surface area contributed by atoms with E-state index < -0.39 is 11.7 Å². The number of carbonyl (C=O) groups excluding carboxylic acids is 1. The largest absolute Gasteiger partial charge is 0.469 e. The molecule has 0 unspecified atom stereocenters. The Hall–Kier alpha value is -2.35. The molecule has 0 atom stereocenters. The van der Waals surface area contributed by atoms with E-state index in [1.54, 1.807) is 6.92 Å². The molecule has 1 fully saturated rings. The molecule has 0 spiro atoms. The Kier molecular flexibility index (Phi) is 5.55. The molecule has 0 aliphatic carbocycles. The Bertz CT molecular complexity index is 792. The van der Waals surface area contributed by atoms with Crippen molar-refractivity contribution in [3.8, 4) is 11.5 Å². The minimum absolute atomic E-state index is 0.0626. The summed E-state index contributed by atoms with van der Waals surface area (Å²) in [7, 11) is 1.40. The SMILES string of the molecule is COC(=O)C1CCN(Cc2nc(-c3ccc(C(F)(F)F)cc3)oc2C)CC1. The van der Waals surface area contributed by atoms with Crippen molar-refractivity contribution in [2.24, 2.45) is 5.92 Å². The van der Waals surface area contributed by atoms with Crippen LogP contribution >= 0.6 is 0 Å². The van der Waals surface area contributed by atoms with Crippen molar-refractivity contribution in [2.45, 2.75) is 32.5 Å². The highest BCUT2D eigenvalue weighted by Gasteiger charge is 2.30. The number of methoxy groups -OCH3 is 1. The first kappa shape index (κ1) is 19.4. The topological polar surface area (TPSA) is 55.6 Å². The maximum Gasteiger partial charge on any atom is 0.416 e. The van der Waals surface area contributed by atoms with Gasteiger partial charge in [0.2, 0.25) is 5.89 Å². The van der Waals surface area contributed by atoms with Crippen LogP contribution in [0.3, 0.4) is 0 Å². The number of alkyl halides is 3. The van der Waals surface area contributed by atoms with E-state index in [2.05, 4.69) is 9.88 Å². The molecule has 0 saturated carbocycles. The summed E-state index contributed by atoms with van der Waals surface area (Å²) in [6, 6.07) is 4.76. The summed E-state index contributed by atoms with van der Waals surface area (Å²) >= 11 is 0. The summed E-state index contributed by atoms with van der Waals surface area (Å²) in [5, 5.41) is 0. The molecular weight excluding hydrogens is 361 g/mol. The Labute approximate surface area is 155 Å². The zero-order valence-corrected chi connectivity index (χ0v) is 15.2. The van der Waals surface area contributed by atoms with Crippen LogP contribution in [-0.2, 0) is 22.3 Å². The van der Waals surface area contributed by atoms with Crippen LogP contribution in [0.25, 0.3) is 11.5 Å². The number of rotatable bonds is 4. The number of hydrogen-bond acceptors (Lipinski definition) is 5. The fraction of sp³-hybridized carbons (Fsp3) is 0.474. The zero-order chi connectivity index (χ0) is 19.6. The van der Waals surface area contributed by atoms with Crippen LogP contribution in [0, 0.1) is 12.8 Å². The van der Waals surface area contributed by atoms with Crippen LogP contribution in [0.15, 0.2) is 28.7 Å². The van der Waals surface area contributed by atoms with Gasteiger partial charge in [-0.25, -0.2) is 4.98 Å². The fourth-order valence-corrected chi connectivity index (χ4v) is 3.21. The van der Waals surface area contributed by atoms with E-state index in [1.165, 1.54) is 19.2 Å². The van der Waals surface area contributed by atoms with Crippen LogP contribution < -0.4 is 0 Å². The standard InChI is InChI=1S/C19H21F3N2O3/c1-12-16(11-24-9-7-14(8-10-24)18(25)26-2)23-17(27-12)13-3-5-15(6-4-13)19(20,21)22/h3-6,14H,7-11H2,1-2H3. The highest BCUT2D eigenvalue weighted by Crippen LogP contribution is 2.31. The second-order valence-electron chi connectivity index (χ2n) is 6.67. The van der Waals surface area contributed by atoms with Crippen LogP contribution in [0.4, 0.5) is 13.2 Å². The molecule has 27 heavy (non-hydrogen) atoms. The first-order valence-electron chi connectivity index (χ1n) is 8.72. The highest BCUT2D eigenvalue weighted by molar-refractivity contribution is 5.72. The highest BCUT2D eigenvalue weighted by atomic mass is 19.4. The lowest BCUT2D eigenvalue weighted by Gasteiger charge is -2.29. The van der Waals surface area contributed by atoms with Crippen molar-refractivity contribution in [3.63, 3.8) is 0 Å². The number of aromatic nitrogens is 1. The van der Waals surface area contributed by atoms with Gasteiger partial charge in [-0.15, -0.1) is 0 Å². The number of esters is 1. The lowest BCUT2D eigenvalue weighted by atomic mass is 9.97. The van der Waals surface area contributed by atoms with Crippen molar-refractivity contribution in [3.05, 3.63) is 41.3 Å². The van der Waals surface area contributed by atoms with E-state index in [0.29, 0.717) is 23.8 Å². The minimum atomic E-state index is -4.37. The number of benzene rings is 1. The first-order chi connectivity index (χ1) is 12.8. The second kappa shape index (κ2) is 7.72. The molecular formula is C19H21F3N2O3. The smallest absolute Gasteiger partial charge is 0.416 e. The number of nitrogens with zero attached hydrogens (tertiary/aromatic N) is 2. The van der Waals surface area contributed by atoms with Crippen LogP contribution in [0.1, 0.15) is 29.9 Å².